The summed E-state index contributed by atoms with van der Waals surface area (Å²) >= 11 is 15.2. The van der Waals surface area contributed by atoms with Crippen LogP contribution in [0.3, 0.4) is 0 Å². The molecule has 0 atom stereocenters. The Labute approximate surface area is 121 Å². The van der Waals surface area contributed by atoms with Crippen LogP contribution >= 0.6 is 39.1 Å². The number of aromatic amines is 1. The lowest BCUT2D eigenvalue weighted by atomic mass is 10.3. The van der Waals surface area contributed by atoms with Crippen molar-refractivity contribution < 1.29 is 4.79 Å². The van der Waals surface area contributed by atoms with Crippen LogP contribution in [0.15, 0.2) is 22.8 Å². The van der Waals surface area contributed by atoms with Crippen molar-refractivity contribution in [3.63, 3.8) is 0 Å². The Morgan fingerprint density at radius 2 is 2.11 bits per heavy atom. The number of anilines is 2. The number of nitrogens with two attached hydrogens (primary N) is 1. The molecule has 0 saturated carbocycles. The predicted octanol–water partition coefficient (Wildman–Crippen LogP) is 3.31. The minimum Gasteiger partial charge on any atom is -0.396 e. The molecule has 2 rings (SSSR count). The predicted molar refractivity (Wildman–Crippen MR) is 75.1 cm³/mol. The van der Waals surface area contributed by atoms with Crippen molar-refractivity contribution in [3.8, 4) is 0 Å². The molecular formula is C10H7BrCl2N4O. The summed E-state index contributed by atoms with van der Waals surface area (Å²) in [5.74, 6) is -0.440. The Hall–Kier alpha value is -1.24. The molecule has 0 aliphatic carbocycles. The van der Waals surface area contributed by atoms with E-state index in [0.29, 0.717) is 15.2 Å². The van der Waals surface area contributed by atoms with Gasteiger partial charge in [-0.15, -0.1) is 0 Å². The SMILES string of the molecule is Nc1cn[nH]c1C(=O)Nc1ccc(Br)c(Cl)c1Cl. The van der Waals surface area contributed by atoms with Crippen molar-refractivity contribution in [2.24, 2.45) is 0 Å². The first-order chi connectivity index (χ1) is 8.50. The molecule has 0 unspecified atom stereocenters. The van der Waals surface area contributed by atoms with Crippen LogP contribution in [0.25, 0.3) is 0 Å². The van der Waals surface area contributed by atoms with Gasteiger partial charge < -0.3 is 11.1 Å². The van der Waals surface area contributed by atoms with Gasteiger partial charge in [-0.3, -0.25) is 9.89 Å². The first kappa shape index (κ1) is 13.2. The van der Waals surface area contributed by atoms with Gasteiger partial charge in [-0.1, -0.05) is 23.2 Å². The Bertz CT molecular complexity index is 614. The molecule has 18 heavy (non-hydrogen) atoms. The number of benzene rings is 1. The van der Waals surface area contributed by atoms with Crippen LogP contribution in [0.4, 0.5) is 11.4 Å². The summed E-state index contributed by atoms with van der Waals surface area (Å²) in [4.78, 5) is 11.9. The van der Waals surface area contributed by atoms with E-state index in [-0.39, 0.29) is 16.4 Å². The monoisotopic (exact) mass is 348 g/mol. The van der Waals surface area contributed by atoms with E-state index >= 15 is 0 Å². The fourth-order valence-electron chi connectivity index (χ4n) is 1.28. The lowest BCUT2D eigenvalue weighted by Crippen LogP contribution is -2.14. The minimum absolute atomic E-state index is 0.171. The molecule has 5 nitrogen and oxygen atoms in total. The molecule has 1 aromatic heterocycles. The second-order valence-corrected chi connectivity index (χ2v) is 4.99. The summed E-state index contributed by atoms with van der Waals surface area (Å²) < 4.78 is 0.646. The Morgan fingerprint density at radius 1 is 1.39 bits per heavy atom. The summed E-state index contributed by atoms with van der Waals surface area (Å²) in [5, 5.41) is 9.33. The minimum atomic E-state index is -0.440. The standard InChI is InChI=1S/C10H7BrCl2N4O/c11-4-1-2-6(8(13)7(4)12)16-10(18)9-5(14)3-15-17-9/h1-3H,14H2,(H,15,17)(H,16,18). The lowest BCUT2D eigenvalue weighted by molar-refractivity contribution is 0.102. The molecule has 1 heterocycles. The van der Waals surface area contributed by atoms with Gasteiger partial charge in [-0.2, -0.15) is 5.10 Å². The van der Waals surface area contributed by atoms with Crippen LogP contribution < -0.4 is 11.1 Å². The summed E-state index contributed by atoms with van der Waals surface area (Å²) in [6.07, 6.45) is 1.35. The first-order valence-electron chi connectivity index (χ1n) is 4.74. The summed E-state index contributed by atoms with van der Waals surface area (Å²) in [6, 6.07) is 3.31. The second-order valence-electron chi connectivity index (χ2n) is 3.38. The molecule has 0 aliphatic heterocycles. The topological polar surface area (TPSA) is 83.8 Å². The number of nitrogens with one attached hydrogen (secondary N) is 2. The number of hydrogen-bond acceptors (Lipinski definition) is 3. The Balaban J connectivity index is 2.28. The third kappa shape index (κ3) is 2.45. The Kier molecular flexibility index (Phi) is 3.79. The molecule has 1 amide bonds. The number of carbonyl (C=O) groups excluding carboxylic acids is 1. The van der Waals surface area contributed by atoms with Crippen molar-refractivity contribution in [3.05, 3.63) is 38.5 Å². The lowest BCUT2D eigenvalue weighted by Gasteiger charge is -2.08. The van der Waals surface area contributed by atoms with Crippen LogP contribution in [-0.4, -0.2) is 16.1 Å². The van der Waals surface area contributed by atoms with Crippen LogP contribution in [0.1, 0.15) is 10.5 Å². The van der Waals surface area contributed by atoms with E-state index in [2.05, 4.69) is 31.4 Å². The molecule has 0 radical (unpaired) electrons. The molecule has 94 valence electrons. The number of amides is 1. The van der Waals surface area contributed by atoms with Gasteiger partial charge >= 0.3 is 0 Å². The number of nitrogen functional groups attached to an aromatic ring is 1. The molecule has 8 heteroatoms. The molecule has 0 spiro atoms. The van der Waals surface area contributed by atoms with E-state index in [1.807, 2.05) is 0 Å². The third-order valence-electron chi connectivity index (χ3n) is 2.18. The fourth-order valence-corrected chi connectivity index (χ4v) is 2.11. The normalized spacial score (nSPS) is 10.4. The zero-order chi connectivity index (χ0) is 13.3. The van der Waals surface area contributed by atoms with Crippen LogP contribution in [-0.2, 0) is 0 Å². The maximum Gasteiger partial charge on any atom is 0.275 e. The number of aromatic nitrogens is 2. The molecule has 4 N–H and O–H groups in total. The maximum absolute atomic E-state index is 11.9. The maximum atomic E-state index is 11.9. The molecule has 0 saturated heterocycles. The van der Waals surface area contributed by atoms with Crippen LogP contribution in [0.2, 0.25) is 10.0 Å². The highest BCUT2D eigenvalue weighted by molar-refractivity contribution is 9.10. The molecular weight excluding hydrogens is 343 g/mol. The smallest absolute Gasteiger partial charge is 0.275 e. The van der Waals surface area contributed by atoms with Crippen molar-refractivity contribution in [2.75, 3.05) is 11.1 Å². The number of halogens is 3. The average Bonchev–Trinajstić information content (AvgIpc) is 2.76. The van der Waals surface area contributed by atoms with Gasteiger partial charge in [0, 0.05) is 4.47 Å². The van der Waals surface area contributed by atoms with Crippen LogP contribution in [0, 0.1) is 0 Å². The highest BCUT2D eigenvalue weighted by Crippen LogP contribution is 2.36. The molecule has 1 aromatic carbocycles. The summed E-state index contributed by atoms with van der Waals surface area (Å²) in [5.41, 5.74) is 6.39. The van der Waals surface area contributed by atoms with Crippen molar-refractivity contribution >= 4 is 56.4 Å². The third-order valence-corrected chi connectivity index (χ3v) is 3.95. The molecule has 0 aliphatic rings. The molecule has 2 aromatic rings. The van der Waals surface area contributed by atoms with E-state index < -0.39 is 5.91 Å². The summed E-state index contributed by atoms with van der Waals surface area (Å²) in [7, 11) is 0. The van der Waals surface area contributed by atoms with Gasteiger partial charge in [0.25, 0.3) is 5.91 Å². The van der Waals surface area contributed by atoms with E-state index in [1.54, 1.807) is 12.1 Å². The van der Waals surface area contributed by atoms with Gasteiger partial charge in [-0.05, 0) is 28.1 Å². The zero-order valence-electron chi connectivity index (χ0n) is 8.80. The highest BCUT2D eigenvalue weighted by atomic mass is 79.9. The summed E-state index contributed by atoms with van der Waals surface area (Å²) in [6.45, 7) is 0. The second kappa shape index (κ2) is 5.17. The highest BCUT2D eigenvalue weighted by Gasteiger charge is 2.15. The molecule has 0 fully saturated rings. The Morgan fingerprint density at radius 3 is 2.72 bits per heavy atom. The largest absolute Gasteiger partial charge is 0.396 e. The van der Waals surface area contributed by atoms with Crippen molar-refractivity contribution in [2.45, 2.75) is 0 Å². The number of carbonyl (C=O) groups is 1. The number of nitrogens with zero attached hydrogens (tertiary/aromatic N) is 1. The van der Waals surface area contributed by atoms with E-state index in [9.17, 15) is 4.79 Å². The van der Waals surface area contributed by atoms with Gasteiger partial charge in [0.15, 0.2) is 0 Å². The van der Waals surface area contributed by atoms with Gasteiger partial charge in [0.05, 0.1) is 27.6 Å². The number of rotatable bonds is 2. The van der Waals surface area contributed by atoms with E-state index in [0.717, 1.165) is 0 Å². The van der Waals surface area contributed by atoms with Gasteiger partial charge in [-0.25, -0.2) is 0 Å². The molecule has 0 bridgehead atoms. The number of hydrogen-bond donors (Lipinski definition) is 3. The van der Waals surface area contributed by atoms with E-state index in [4.69, 9.17) is 28.9 Å². The van der Waals surface area contributed by atoms with Gasteiger partial charge in [0.2, 0.25) is 0 Å². The average molecular weight is 350 g/mol. The number of H-pyrrole nitrogens is 1. The fraction of sp³-hybridized carbons (Fsp3) is 0. The van der Waals surface area contributed by atoms with Crippen molar-refractivity contribution in [1.29, 1.82) is 0 Å². The van der Waals surface area contributed by atoms with E-state index in [1.165, 1.54) is 6.20 Å². The van der Waals surface area contributed by atoms with Gasteiger partial charge in [0.1, 0.15) is 5.69 Å². The first-order valence-corrected chi connectivity index (χ1v) is 6.29. The zero-order valence-corrected chi connectivity index (χ0v) is 11.9. The van der Waals surface area contributed by atoms with Crippen LogP contribution in [0.5, 0.6) is 0 Å². The van der Waals surface area contributed by atoms with Crippen molar-refractivity contribution in [1.82, 2.24) is 10.2 Å². The quantitative estimate of drug-likeness (QED) is 0.727.